The van der Waals surface area contributed by atoms with Crippen molar-refractivity contribution in [2.24, 2.45) is 5.92 Å². The van der Waals surface area contributed by atoms with Crippen molar-refractivity contribution in [1.29, 1.82) is 0 Å². The normalized spacial score (nSPS) is 17.2. The van der Waals surface area contributed by atoms with Crippen LogP contribution >= 0.6 is 0 Å². The summed E-state index contributed by atoms with van der Waals surface area (Å²) < 4.78 is 18.8. The minimum Gasteiger partial charge on any atom is -0.342 e. The summed E-state index contributed by atoms with van der Waals surface area (Å²) in [7, 11) is 1.93. The summed E-state index contributed by atoms with van der Waals surface area (Å²) in [6.45, 7) is 4.25. The first-order valence-corrected chi connectivity index (χ1v) is 8.58. The Morgan fingerprint density at radius 3 is 3.08 bits per heavy atom. The average Bonchev–Trinajstić information content (AvgIpc) is 3.25. The number of halogens is 1. The maximum atomic E-state index is 13.6. The molecule has 1 aromatic carbocycles. The molecular weight excluding hydrogens is 323 g/mol. The number of likely N-dealkylation sites (tertiary alicyclic amines) is 1. The molecule has 0 radical (unpaired) electrons. The molecule has 0 spiro atoms. The second-order valence-electron chi connectivity index (χ2n) is 6.53. The average molecular weight is 346 g/mol. The number of aryl methyl sites for hydroxylation is 2. The highest BCUT2D eigenvalue weighted by molar-refractivity contribution is 5.76. The second kappa shape index (κ2) is 7.74. The van der Waals surface area contributed by atoms with Gasteiger partial charge in [0.1, 0.15) is 5.82 Å². The van der Waals surface area contributed by atoms with Gasteiger partial charge in [0.15, 0.2) is 0 Å². The first-order chi connectivity index (χ1) is 12.1. The van der Waals surface area contributed by atoms with Crippen molar-refractivity contribution in [3.8, 4) is 11.4 Å². The number of hydrogen-bond donors (Lipinski definition) is 1. The highest BCUT2D eigenvalue weighted by Gasteiger charge is 2.25. The Labute approximate surface area is 146 Å². The molecule has 1 fully saturated rings. The molecule has 2 aromatic rings. The number of nitrogens with one attached hydrogen (secondary N) is 1. The van der Waals surface area contributed by atoms with Crippen molar-refractivity contribution < 1.29 is 13.7 Å². The number of benzene rings is 1. The molecule has 0 saturated carbocycles. The van der Waals surface area contributed by atoms with Crippen molar-refractivity contribution in [2.45, 2.75) is 26.2 Å². The number of rotatable bonds is 6. The van der Waals surface area contributed by atoms with Crippen molar-refractivity contribution in [2.75, 3.05) is 26.7 Å². The largest absolute Gasteiger partial charge is 0.342 e. The summed E-state index contributed by atoms with van der Waals surface area (Å²) in [6, 6.07) is 4.82. The standard InChI is InChI=1S/C18H23FN4O2/c1-12-3-4-14(9-15(12)19)18-21-16(25-22-18)5-6-17(24)23-8-7-13(11-23)10-20-2/h3-4,9,13,20H,5-8,10-11H2,1-2H3/t13-/m1/s1. The topological polar surface area (TPSA) is 71.3 Å². The number of nitrogens with zero attached hydrogens (tertiary/aromatic N) is 3. The van der Waals surface area contributed by atoms with Gasteiger partial charge in [0.05, 0.1) is 0 Å². The molecule has 1 aromatic heterocycles. The van der Waals surface area contributed by atoms with E-state index in [0.29, 0.717) is 41.6 Å². The molecule has 0 bridgehead atoms. The van der Waals surface area contributed by atoms with E-state index in [1.807, 2.05) is 11.9 Å². The highest BCUT2D eigenvalue weighted by atomic mass is 19.1. The van der Waals surface area contributed by atoms with Crippen LogP contribution in [0.5, 0.6) is 0 Å². The van der Waals surface area contributed by atoms with Gasteiger partial charge in [0.25, 0.3) is 0 Å². The van der Waals surface area contributed by atoms with E-state index < -0.39 is 0 Å². The smallest absolute Gasteiger partial charge is 0.227 e. The highest BCUT2D eigenvalue weighted by Crippen LogP contribution is 2.20. The number of hydrogen-bond acceptors (Lipinski definition) is 5. The molecule has 1 atom stereocenters. The second-order valence-corrected chi connectivity index (χ2v) is 6.53. The lowest BCUT2D eigenvalue weighted by atomic mass is 10.1. The van der Waals surface area contributed by atoms with Gasteiger partial charge in [-0.3, -0.25) is 4.79 Å². The van der Waals surface area contributed by atoms with Gasteiger partial charge in [-0.2, -0.15) is 4.98 Å². The Balaban J connectivity index is 1.55. The Kier molecular flexibility index (Phi) is 5.43. The fourth-order valence-corrected chi connectivity index (χ4v) is 3.09. The van der Waals surface area contributed by atoms with E-state index in [0.717, 1.165) is 26.1 Å². The quantitative estimate of drug-likeness (QED) is 0.868. The number of amides is 1. The maximum Gasteiger partial charge on any atom is 0.227 e. The summed E-state index contributed by atoms with van der Waals surface area (Å²) >= 11 is 0. The van der Waals surface area contributed by atoms with E-state index in [9.17, 15) is 9.18 Å². The minimum absolute atomic E-state index is 0.111. The Bertz CT molecular complexity index is 746. The molecule has 0 unspecified atom stereocenters. The monoisotopic (exact) mass is 346 g/mol. The Morgan fingerprint density at radius 1 is 1.48 bits per heavy atom. The zero-order valence-electron chi connectivity index (χ0n) is 14.6. The van der Waals surface area contributed by atoms with Crippen LogP contribution in [0.1, 0.15) is 24.3 Å². The van der Waals surface area contributed by atoms with Gasteiger partial charge in [-0.05, 0) is 44.5 Å². The van der Waals surface area contributed by atoms with Crippen LogP contribution in [0.4, 0.5) is 4.39 Å². The molecule has 1 aliphatic heterocycles. The maximum absolute atomic E-state index is 13.6. The van der Waals surface area contributed by atoms with Crippen LogP contribution < -0.4 is 5.32 Å². The summed E-state index contributed by atoms with van der Waals surface area (Å²) in [4.78, 5) is 18.5. The predicted octanol–water partition coefficient (Wildman–Crippen LogP) is 2.18. The molecule has 3 rings (SSSR count). The molecule has 1 N–H and O–H groups in total. The summed E-state index contributed by atoms with van der Waals surface area (Å²) in [5.74, 6) is 1.08. The molecular formula is C18H23FN4O2. The Hall–Kier alpha value is -2.28. The van der Waals surface area contributed by atoms with Crippen LogP contribution in [0.15, 0.2) is 22.7 Å². The van der Waals surface area contributed by atoms with Crippen LogP contribution in [0.25, 0.3) is 11.4 Å². The van der Waals surface area contributed by atoms with Gasteiger partial charge >= 0.3 is 0 Å². The van der Waals surface area contributed by atoms with Crippen LogP contribution in [0.3, 0.4) is 0 Å². The molecule has 25 heavy (non-hydrogen) atoms. The van der Waals surface area contributed by atoms with Crippen molar-refractivity contribution in [3.05, 3.63) is 35.5 Å². The number of carbonyl (C=O) groups excluding carboxylic acids is 1. The Morgan fingerprint density at radius 2 is 2.32 bits per heavy atom. The molecule has 1 saturated heterocycles. The lowest BCUT2D eigenvalue weighted by Crippen LogP contribution is -2.30. The van der Waals surface area contributed by atoms with Crippen molar-refractivity contribution >= 4 is 5.91 Å². The van der Waals surface area contributed by atoms with Gasteiger partial charge in [-0.1, -0.05) is 17.3 Å². The lowest BCUT2D eigenvalue weighted by molar-refractivity contribution is -0.130. The molecule has 1 aliphatic rings. The zero-order chi connectivity index (χ0) is 17.8. The van der Waals surface area contributed by atoms with Crippen molar-refractivity contribution in [3.63, 3.8) is 0 Å². The molecule has 2 heterocycles. The van der Waals surface area contributed by atoms with Gasteiger partial charge in [-0.25, -0.2) is 4.39 Å². The SMILES string of the molecule is CNC[C@H]1CCN(C(=O)CCc2nc(-c3ccc(C)c(F)c3)no2)C1. The van der Waals surface area contributed by atoms with Crippen LogP contribution in [0.2, 0.25) is 0 Å². The van der Waals surface area contributed by atoms with Gasteiger partial charge in [0.2, 0.25) is 17.6 Å². The molecule has 0 aliphatic carbocycles. The molecule has 134 valence electrons. The van der Waals surface area contributed by atoms with E-state index in [4.69, 9.17) is 4.52 Å². The van der Waals surface area contributed by atoms with E-state index in [1.54, 1.807) is 19.1 Å². The van der Waals surface area contributed by atoms with Gasteiger partial charge in [0, 0.05) is 31.5 Å². The third-order valence-corrected chi connectivity index (χ3v) is 4.58. The summed E-state index contributed by atoms with van der Waals surface area (Å²) in [6.07, 6.45) is 1.78. The van der Waals surface area contributed by atoms with E-state index in [1.165, 1.54) is 6.07 Å². The molecule has 1 amide bonds. The van der Waals surface area contributed by atoms with Crippen LogP contribution in [0, 0.1) is 18.7 Å². The van der Waals surface area contributed by atoms with Crippen LogP contribution in [-0.4, -0.2) is 47.6 Å². The molecule has 7 heteroatoms. The predicted molar refractivity (Wildman–Crippen MR) is 91.4 cm³/mol. The third-order valence-electron chi connectivity index (χ3n) is 4.58. The fraction of sp³-hybridized carbons (Fsp3) is 0.500. The number of carbonyl (C=O) groups is 1. The summed E-state index contributed by atoms with van der Waals surface area (Å²) in [5.41, 5.74) is 1.14. The van der Waals surface area contributed by atoms with Gasteiger partial charge < -0.3 is 14.7 Å². The number of aromatic nitrogens is 2. The molecule has 6 nitrogen and oxygen atoms in total. The van der Waals surface area contributed by atoms with E-state index in [-0.39, 0.29) is 11.7 Å². The van der Waals surface area contributed by atoms with Gasteiger partial charge in [-0.15, -0.1) is 0 Å². The first kappa shape index (κ1) is 17.5. The zero-order valence-corrected chi connectivity index (χ0v) is 14.6. The van der Waals surface area contributed by atoms with Crippen LogP contribution in [-0.2, 0) is 11.2 Å². The van der Waals surface area contributed by atoms with E-state index in [2.05, 4.69) is 15.5 Å². The minimum atomic E-state index is -0.302. The van der Waals surface area contributed by atoms with Crippen molar-refractivity contribution in [1.82, 2.24) is 20.4 Å². The first-order valence-electron chi connectivity index (χ1n) is 8.58. The lowest BCUT2D eigenvalue weighted by Gasteiger charge is -2.15. The fourth-order valence-electron chi connectivity index (χ4n) is 3.09. The third kappa shape index (κ3) is 4.22. The summed E-state index contributed by atoms with van der Waals surface area (Å²) in [5, 5.41) is 7.04. The van der Waals surface area contributed by atoms with E-state index >= 15 is 0 Å².